The number of carbonyl (C=O) groups excluding carboxylic acids is 2. The van der Waals surface area contributed by atoms with E-state index in [9.17, 15) is 18.0 Å². The van der Waals surface area contributed by atoms with Gasteiger partial charge in [-0.2, -0.15) is 4.31 Å². The molecule has 1 saturated heterocycles. The number of nitrogens with one attached hydrogen (secondary N) is 1. The van der Waals surface area contributed by atoms with E-state index in [1.807, 2.05) is 26.0 Å². The highest BCUT2D eigenvalue weighted by molar-refractivity contribution is 7.89. The summed E-state index contributed by atoms with van der Waals surface area (Å²) < 4.78 is 42.6. The number of nitrogens with zero attached hydrogens (tertiary/aromatic N) is 1. The molecule has 178 valence electrons. The van der Waals surface area contributed by atoms with E-state index < -0.39 is 28.5 Å². The summed E-state index contributed by atoms with van der Waals surface area (Å²) in [6.07, 6.45) is 0. The van der Waals surface area contributed by atoms with Gasteiger partial charge < -0.3 is 19.5 Å². The first kappa shape index (κ1) is 25.0. The molecule has 1 heterocycles. The predicted octanol–water partition coefficient (Wildman–Crippen LogP) is 2.54. The third-order valence-corrected chi connectivity index (χ3v) is 7.24. The van der Waals surface area contributed by atoms with Crippen LogP contribution < -0.4 is 10.1 Å². The lowest BCUT2D eigenvalue weighted by Gasteiger charge is -2.26. The van der Waals surface area contributed by atoms with Crippen molar-refractivity contribution < 1.29 is 32.2 Å². The number of hydrogen-bond donors (Lipinski definition) is 1. The second-order valence-corrected chi connectivity index (χ2v) is 9.74. The first-order valence-corrected chi connectivity index (χ1v) is 12.0. The number of anilines is 1. The number of morpholine rings is 1. The van der Waals surface area contributed by atoms with E-state index in [4.69, 9.17) is 25.8 Å². The molecule has 1 N–H and O–H groups in total. The lowest BCUT2D eigenvalue weighted by Crippen LogP contribution is -2.40. The van der Waals surface area contributed by atoms with E-state index in [2.05, 4.69) is 5.32 Å². The molecule has 2 aromatic carbocycles. The van der Waals surface area contributed by atoms with Gasteiger partial charge in [0, 0.05) is 18.8 Å². The molecular formula is C22H25ClN2O7S. The molecule has 1 aliphatic heterocycles. The fraction of sp³-hybridized carbons (Fsp3) is 0.364. The van der Waals surface area contributed by atoms with Crippen molar-refractivity contribution >= 4 is 39.2 Å². The number of benzene rings is 2. The fourth-order valence-electron chi connectivity index (χ4n) is 3.09. The van der Waals surface area contributed by atoms with Crippen LogP contribution in [0.4, 0.5) is 5.69 Å². The zero-order valence-electron chi connectivity index (χ0n) is 18.3. The zero-order chi connectivity index (χ0) is 24.0. The van der Waals surface area contributed by atoms with Crippen LogP contribution >= 0.6 is 11.6 Å². The number of amides is 1. The molecule has 0 spiro atoms. The minimum absolute atomic E-state index is 0.0366. The number of aryl methyl sites for hydroxylation is 2. The quantitative estimate of drug-likeness (QED) is 0.559. The summed E-state index contributed by atoms with van der Waals surface area (Å²) >= 11 is 6.11. The van der Waals surface area contributed by atoms with Crippen LogP contribution in [0.1, 0.15) is 11.1 Å². The summed E-state index contributed by atoms with van der Waals surface area (Å²) in [4.78, 5) is 24.0. The van der Waals surface area contributed by atoms with Gasteiger partial charge in [0.15, 0.2) is 13.2 Å². The van der Waals surface area contributed by atoms with E-state index in [0.29, 0.717) is 19.0 Å². The Hall–Kier alpha value is -2.66. The second kappa shape index (κ2) is 11.0. The Morgan fingerprint density at radius 1 is 1.09 bits per heavy atom. The summed E-state index contributed by atoms with van der Waals surface area (Å²) in [6.45, 7) is 3.89. The van der Waals surface area contributed by atoms with Crippen LogP contribution in [0.2, 0.25) is 5.02 Å². The van der Waals surface area contributed by atoms with Crippen molar-refractivity contribution in [3.63, 3.8) is 0 Å². The molecule has 2 aromatic rings. The van der Waals surface area contributed by atoms with E-state index in [1.165, 1.54) is 22.5 Å². The Bertz CT molecular complexity index is 1130. The molecular weight excluding hydrogens is 472 g/mol. The molecule has 0 aromatic heterocycles. The molecule has 3 rings (SSSR count). The summed E-state index contributed by atoms with van der Waals surface area (Å²) in [6, 6.07) is 9.73. The van der Waals surface area contributed by atoms with Gasteiger partial charge in [0.2, 0.25) is 10.0 Å². The summed E-state index contributed by atoms with van der Waals surface area (Å²) in [5.41, 5.74) is 2.07. The fourth-order valence-corrected chi connectivity index (χ4v) is 5.00. The van der Waals surface area contributed by atoms with Crippen LogP contribution in [0.5, 0.6) is 5.75 Å². The molecule has 1 amide bonds. The number of hydrogen-bond acceptors (Lipinski definition) is 7. The third kappa shape index (κ3) is 6.67. The Morgan fingerprint density at radius 3 is 2.55 bits per heavy atom. The van der Waals surface area contributed by atoms with Crippen molar-refractivity contribution in [3.05, 3.63) is 52.5 Å². The van der Waals surface area contributed by atoms with Crippen LogP contribution in [-0.2, 0) is 29.1 Å². The maximum Gasteiger partial charge on any atom is 0.344 e. The first-order valence-electron chi connectivity index (χ1n) is 10.2. The van der Waals surface area contributed by atoms with Crippen LogP contribution in [-0.4, -0.2) is 64.1 Å². The molecule has 0 radical (unpaired) electrons. The molecule has 0 aliphatic carbocycles. The summed E-state index contributed by atoms with van der Waals surface area (Å²) in [5, 5.41) is 2.54. The van der Waals surface area contributed by atoms with E-state index in [0.717, 1.165) is 11.1 Å². The molecule has 0 atom stereocenters. The van der Waals surface area contributed by atoms with Gasteiger partial charge in [-0.1, -0.05) is 23.7 Å². The number of esters is 1. The molecule has 0 unspecified atom stereocenters. The SMILES string of the molecule is Cc1ccc(C)c(OCC(=O)OCC(=O)Nc2ccc(Cl)c(S(=O)(=O)N3CCOCC3)c2)c1. The van der Waals surface area contributed by atoms with Crippen molar-refractivity contribution in [2.24, 2.45) is 0 Å². The predicted molar refractivity (Wildman–Crippen MR) is 122 cm³/mol. The highest BCUT2D eigenvalue weighted by Gasteiger charge is 2.28. The highest BCUT2D eigenvalue weighted by atomic mass is 35.5. The molecule has 1 aliphatic rings. The number of carbonyl (C=O) groups is 2. The average molecular weight is 497 g/mol. The largest absolute Gasteiger partial charge is 0.482 e. The van der Waals surface area contributed by atoms with Crippen LogP contribution in [0.25, 0.3) is 0 Å². The third-order valence-electron chi connectivity index (χ3n) is 4.86. The van der Waals surface area contributed by atoms with Crippen molar-refractivity contribution in [2.75, 3.05) is 44.8 Å². The Labute approximate surface area is 197 Å². The van der Waals surface area contributed by atoms with Gasteiger partial charge in [0.05, 0.1) is 18.2 Å². The first-order chi connectivity index (χ1) is 15.7. The highest BCUT2D eigenvalue weighted by Crippen LogP contribution is 2.28. The van der Waals surface area contributed by atoms with Gasteiger partial charge >= 0.3 is 5.97 Å². The lowest BCUT2D eigenvalue weighted by atomic mass is 10.1. The summed E-state index contributed by atoms with van der Waals surface area (Å²) in [7, 11) is -3.85. The molecule has 11 heteroatoms. The molecule has 33 heavy (non-hydrogen) atoms. The van der Waals surface area contributed by atoms with Gasteiger partial charge in [-0.05, 0) is 49.2 Å². The van der Waals surface area contributed by atoms with E-state index >= 15 is 0 Å². The lowest BCUT2D eigenvalue weighted by molar-refractivity contribution is -0.149. The van der Waals surface area contributed by atoms with Crippen LogP contribution in [0.15, 0.2) is 41.3 Å². The Kier molecular flexibility index (Phi) is 8.30. The van der Waals surface area contributed by atoms with Gasteiger partial charge in [-0.25, -0.2) is 13.2 Å². The van der Waals surface area contributed by atoms with Gasteiger partial charge in [0.25, 0.3) is 5.91 Å². The number of halogens is 1. The van der Waals surface area contributed by atoms with Gasteiger partial charge in [-0.15, -0.1) is 0 Å². The molecule has 0 saturated carbocycles. The Balaban J connectivity index is 1.55. The smallest absolute Gasteiger partial charge is 0.344 e. The average Bonchev–Trinajstić information content (AvgIpc) is 2.80. The molecule has 0 bridgehead atoms. The van der Waals surface area contributed by atoms with Gasteiger partial charge in [0.1, 0.15) is 10.6 Å². The number of ether oxygens (including phenoxy) is 3. The van der Waals surface area contributed by atoms with Crippen molar-refractivity contribution in [3.8, 4) is 5.75 Å². The van der Waals surface area contributed by atoms with Crippen molar-refractivity contribution in [2.45, 2.75) is 18.7 Å². The van der Waals surface area contributed by atoms with Gasteiger partial charge in [-0.3, -0.25) is 4.79 Å². The maximum absolute atomic E-state index is 12.9. The standard InChI is InChI=1S/C22H25ClN2O7S/c1-15-3-4-16(2)19(11-15)31-14-22(27)32-13-21(26)24-17-5-6-18(23)20(12-17)33(28,29)25-7-9-30-10-8-25/h3-6,11-12H,7-10,13-14H2,1-2H3,(H,24,26). The van der Waals surface area contributed by atoms with E-state index in [-0.39, 0.29) is 35.3 Å². The Morgan fingerprint density at radius 2 is 1.82 bits per heavy atom. The topological polar surface area (TPSA) is 111 Å². The van der Waals surface area contributed by atoms with Crippen LogP contribution in [0, 0.1) is 13.8 Å². The van der Waals surface area contributed by atoms with Crippen molar-refractivity contribution in [1.29, 1.82) is 0 Å². The number of sulfonamides is 1. The van der Waals surface area contributed by atoms with Crippen LogP contribution in [0.3, 0.4) is 0 Å². The minimum Gasteiger partial charge on any atom is -0.482 e. The second-order valence-electron chi connectivity index (χ2n) is 7.43. The maximum atomic E-state index is 12.9. The zero-order valence-corrected chi connectivity index (χ0v) is 19.9. The summed E-state index contributed by atoms with van der Waals surface area (Å²) in [5.74, 6) is -0.781. The minimum atomic E-state index is -3.85. The molecule has 9 nitrogen and oxygen atoms in total. The monoisotopic (exact) mass is 496 g/mol. The molecule has 1 fully saturated rings. The van der Waals surface area contributed by atoms with Crippen molar-refractivity contribution in [1.82, 2.24) is 4.31 Å². The number of rotatable bonds is 8. The van der Waals surface area contributed by atoms with E-state index in [1.54, 1.807) is 6.07 Å². The normalized spacial score (nSPS) is 14.5.